The van der Waals surface area contributed by atoms with Gasteiger partial charge in [0.15, 0.2) is 5.82 Å². The van der Waals surface area contributed by atoms with Crippen LogP contribution < -0.4 is 5.73 Å². The highest BCUT2D eigenvalue weighted by Crippen LogP contribution is 2.22. The monoisotopic (exact) mass is 289 g/mol. The molecule has 0 spiro atoms. The highest BCUT2D eigenvalue weighted by molar-refractivity contribution is 5.73. The van der Waals surface area contributed by atoms with E-state index in [-0.39, 0.29) is 12.3 Å². The van der Waals surface area contributed by atoms with Crippen molar-refractivity contribution in [2.75, 3.05) is 0 Å². The van der Waals surface area contributed by atoms with Crippen LogP contribution in [0, 0.1) is 0 Å². The van der Waals surface area contributed by atoms with Crippen LogP contribution in [0.15, 0.2) is 24.3 Å². The molecule has 2 atom stereocenters. The fourth-order valence-corrected chi connectivity index (χ4v) is 2.23. The van der Waals surface area contributed by atoms with Crippen molar-refractivity contribution in [2.24, 2.45) is 5.73 Å². The number of H-pyrrole nitrogens is 1. The van der Waals surface area contributed by atoms with Crippen LogP contribution in [0.5, 0.6) is 0 Å². The zero-order valence-electron chi connectivity index (χ0n) is 11.9. The van der Waals surface area contributed by atoms with Gasteiger partial charge < -0.3 is 10.8 Å². The average Bonchev–Trinajstić information content (AvgIpc) is 3.01. The van der Waals surface area contributed by atoms with Crippen molar-refractivity contribution in [1.29, 1.82) is 0 Å². The van der Waals surface area contributed by atoms with E-state index in [1.165, 1.54) is 5.56 Å². The summed E-state index contributed by atoms with van der Waals surface area (Å²) in [5.74, 6) is -0.710. The maximum atomic E-state index is 11.0. The lowest BCUT2D eigenvalue weighted by Gasteiger charge is -2.16. The number of nitrogens with zero attached hydrogens (tertiary/aromatic N) is 3. The number of carboxylic acids is 1. The smallest absolute Gasteiger partial charge is 0.320 e. The van der Waals surface area contributed by atoms with E-state index < -0.39 is 12.0 Å². The van der Waals surface area contributed by atoms with Crippen LogP contribution in [0.4, 0.5) is 0 Å². The Bertz CT molecular complexity index is 568. The van der Waals surface area contributed by atoms with Gasteiger partial charge in [-0.15, -0.1) is 10.2 Å². The van der Waals surface area contributed by atoms with Crippen molar-refractivity contribution in [3.05, 3.63) is 41.2 Å². The predicted octanol–water partition coefficient (Wildman–Crippen LogP) is 0.890. The van der Waals surface area contributed by atoms with E-state index >= 15 is 0 Å². The third-order valence-corrected chi connectivity index (χ3v) is 3.50. The van der Waals surface area contributed by atoms with Crippen LogP contribution in [0.3, 0.4) is 0 Å². The molecule has 0 aliphatic rings. The van der Waals surface area contributed by atoms with Crippen molar-refractivity contribution in [3.63, 3.8) is 0 Å². The van der Waals surface area contributed by atoms with Crippen molar-refractivity contribution in [3.8, 4) is 0 Å². The Morgan fingerprint density at radius 2 is 2.00 bits per heavy atom. The average molecular weight is 289 g/mol. The third-order valence-electron chi connectivity index (χ3n) is 3.50. The molecule has 0 saturated carbocycles. The van der Waals surface area contributed by atoms with Crippen LogP contribution in [-0.4, -0.2) is 37.7 Å². The first-order valence-electron chi connectivity index (χ1n) is 6.89. The number of aliphatic carboxylic acids is 1. The molecule has 0 bridgehead atoms. The van der Waals surface area contributed by atoms with Crippen LogP contribution in [0.25, 0.3) is 0 Å². The molecule has 0 aliphatic carbocycles. The van der Waals surface area contributed by atoms with E-state index in [4.69, 9.17) is 10.8 Å². The fraction of sp³-hybridized carbons (Fsp3) is 0.429. The molecule has 7 nitrogen and oxygen atoms in total. The largest absolute Gasteiger partial charge is 0.480 e. The summed E-state index contributed by atoms with van der Waals surface area (Å²) in [4.78, 5) is 11.0. The Morgan fingerprint density at radius 1 is 1.33 bits per heavy atom. The lowest BCUT2D eigenvalue weighted by Crippen LogP contribution is -2.32. The maximum absolute atomic E-state index is 11.0. The van der Waals surface area contributed by atoms with Crippen LogP contribution in [0.1, 0.15) is 36.2 Å². The summed E-state index contributed by atoms with van der Waals surface area (Å²) < 4.78 is 0. The van der Waals surface area contributed by atoms with E-state index in [0.717, 1.165) is 12.0 Å². The van der Waals surface area contributed by atoms with Gasteiger partial charge in [-0.05, 0) is 30.4 Å². The minimum atomic E-state index is -1.02. The number of rotatable bonds is 7. The first-order valence-corrected chi connectivity index (χ1v) is 6.89. The molecule has 2 unspecified atom stereocenters. The van der Waals surface area contributed by atoms with Gasteiger partial charge in [-0.2, -0.15) is 5.21 Å². The summed E-state index contributed by atoms with van der Waals surface area (Å²) >= 11 is 0. The standard InChI is InChI=1S/C14H19N5O2/c1-2-9-3-5-10(6-4-9)7-11(8-12(15)14(20)21)13-16-18-19-17-13/h3-6,11-12H,2,7-8,15H2,1H3,(H,20,21)(H,16,17,18,19). The molecule has 2 rings (SSSR count). The van der Waals surface area contributed by atoms with Crippen LogP contribution in [0.2, 0.25) is 0 Å². The van der Waals surface area contributed by atoms with Crippen LogP contribution in [-0.2, 0) is 17.6 Å². The highest BCUT2D eigenvalue weighted by atomic mass is 16.4. The zero-order valence-corrected chi connectivity index (χ0v) is 11.9. The molecule has 2 aromatic rings. The second-order valence-electron chi connectivity index (χ2n) is 5.02. The Kier molecular flexibility index (Phi) is 4.99. The van der Waals surface area contributed by atoms with E-state index in [1.807, 2.05) is 12.1 Å². The molecule has 1 aromatic heterocycles. The lowest BCUT2D eigenvalue weighted by atomic mass is 9.92. The number of hydrogen-bond donors (Lipinski definition) is 3. The minimum absolute atomic E-state index is 0.178. The van der Waals surface area contributed by atoms with E-state index in [2.05, 4.69) is 39.7 Å². The molecule has 1 aromatic carbocycles. The van der Waals surface area contributed by atoms with Gasteiger partial charge >= 0.3 is 5.97 Å². The molecule has 7 heteroatoms. The predicted molar refractivity (Wildman–Crippen MR) is 76.7 cm³/mol. The van der Waals surface area contributed by atoms with E-state index in [0.29, 0.717) is 12.2 Å². The molecule has 1 heterocycles. The van der Waals surface area contributed by atoms with E-state index in [9.17, 15) is 4.79 Å². The number of aromatic amines is 1. The van der Waals surface area contributed by atoms with Gasteiger partial charge in [0.2, 0.25) is 0 Å². The van der Waals surface area contributed by atoms with Gasteiger partial charge in [-0.1, -0.05) is 36.4 Å². The SMILES string of the molecule is CCc1ccc(CC(CC(N)C(=O)O)c2nn[nH]n2)cc1. The Hall–Kier alpha value is -2.28. The van der Waals surface area contributed by atoms with Gasteiger partial charge in [0, 0.05) is 5.92 Å². The number of carbonyl (C=O) groups is 1. The fourth-order valence-electron chi connectivity index (χ4n) is 2.23. The number of aromatic nitrogens is 4. The van der Waals surface area contributed by atoms with Gasteiger partial charge in [0.25, 0.3) is 0 Å². The summed E-state index contributed by atoms with van der Waals surface area (Å²) in [7, 11) is 0. The minimum Gasteiger partial charge on any atom is -0.480 e. The normalized spacial score (nSPS) is 13.8. The number of carboxylic acid groups (broad SMARTS) is 1. The molecule has 0 radical (unpaired) electrons. The topological polar surface area (TPSA) is 118 Å². The first-order chi connectivity index (χ1) is 10.1. The van der Waals surface area contributed by atoms with Crippen molar-refractivity contribution in [1.82, 2.24) is 20.6 Å². The molecule has 0 amide bonds. The van der Waals surface area contributed by atoms with Gasteiger partial charge in [0.1, 0.15) is 6.04 Å². The third kappa shape index (κ3) is 4.09. The number of nitrogens with one attached hydrogen (secondary N) is 1. The number of hydrogen-bond acceptors (Lipinski definition) is 5. The van der Waals surface area contributed by atoms with E-state index in [1.54, 1.807) is 0 Å². The summed E-state index contributed by atoms with van der Waals surface area (Å²) in [6, 6.07) is 7.28. The second-order valence-corrected chi connectivity index (χ2v) is 5.02. The van der Waals surface area contributed by atoms with Gasteiger partial charge in [0.05, 0.1) is 0 Å². The summed E-state index contributed by atoms with van der Waals surface area (Å²) in [6.07, 6.45) is 1.88. The number of nitrogens with two attached hydrogens (primary N) is 1. The van der Waals surface area contributed by atoms with Crippen molar-refractivity contribution >= 4 is 5.97 Å². The number of aryl methyl sites for hydroxylation is 1. The van der Waals surface area contributed by atoms with Gasteiger partial charge in [-0.25, -0.2) is 0 Å². The summed E-state index contributed by atoms with van der Waals surface area (Å²) in [5.41, 5.74) is 8.00. The Balaban J connectivity index is 2.13. The lowest BCUT2D eigenvalue weighted by molar-refractivity contribution is -0.138. The Morgan fingerprint density at radius 3 is 2.52 bits per heavy atom. The quantitative estimate of drug-likeness (QED) is 0.696. The molecule has 0 aliphatic heterocycles. The van der Waals surface area contributed by atoms with Crippen molar-refractivity contribution < 1.29 is 9.90 Å². The molecule has 0 saturated heterocycles. The zero-order chi connectivity index (χ0) is 15.2. The first kappa shape index (κ1) is 15.1. The highest BCUT2D eigenvalue weighted by Gasteiger charge is 2.23. The number of benzene rings is 1. The molecule has 4 N–H and O–H groups in total. The molecular weight excluding hydrogens is 270 g/mol. The molecular formula is C14H19N5O2. The summed E-state index contributed by atoms with van der Waals surface area (Å²) in [5, 5.41) is 22.8. The molecule has 112 valence electrons. The van der Waals surface area contributed by atoms with Crippen LogP contribution >= 0.6 is 0 Å². The molecule has 21 heavy (non-hydrogen) atoms. The van der Waals surface area contributed by atoms with Gasteiger partial charge in [-0.3, -0.25) is 4.79 Å². The Labute approximate surface area is 122 Å². The maximum Gasteiger partial charge on any atom is 0.320 e. The number of tetrazole rings is 1. The second kappa shape index (κ2) is 6.94. The molecule has 0 fully saturated rings. The summed E-state index contributed by atoms with van der Waals surface area (Å²) in [6.45, 7) is 2.10. The van der Waals surface area contributed by atoms with Crippen molar-refractivity contribution in [2.45, 2.75) is 38.1 Å².